The number of aliphatic hydroxyl groups excluding tert-OH is 1. The van der Waals surface area contributed by atoms with E-state index in [-0.39, 0.29) is 6.61 Å². The first-order valence-corrected chi connectivity index (χ1v) is 6.75. The minimum absolute atomic E-state index is 0.0200. The average Bonchev–Trinajstić information content (AvgIpc) is 2.47. The topological polar surface area (TPSA) is 47.9 Å². The Morgan fingerprint density at radius 1 is 0.900 bits per heavy atom. The Bertz CT molecular complexity index is 576. The largest absolute Gasteiger partial charge is 0.496 e. The molecule has 20 heavy (non-hydrogen) atoms. The molecular weight excluding hydrogens is 324 g/mol. The van der Waals surface area contributed by atoms with Crippen molar-refractivity contribution in [2.24, 2.45) is 0 Å². The van der Waals surface area contributed by atoms with Crippen LogP contribution in [0.15, 0.2) is 40.9 Å². The molecule has 0 saturated carbocycles. The Kier molecular flexibility index (Phi) is 4.87. The molecule has 0 aliphatic rings. The standard InChI is InChI=1S/C15H15BrO4/c1-18-12-5-13(19-2)7-14(6-12)20-11-4-3-10(9-17)15(16)8-11/h3-8,17H,9H2,1-2H3. The predicted molar refractivity (Wildman–Crippen MR) is 79.7 cm³/mol. The van der Waals surface area contributed by atoms with Gasteiger partial charge in [0.15, 0.2) is 0 Å². The van der Waals surface area contributed by atoms with Gasteiger partial charge in [-0.2, -0.15) is 0 Å². The maximum atomic E-state index is 9.13. The van der Waals surface area contributed by atoms with Crippen LogP contribution in [0.3, 0.4) is 0 Å². The summed E-state index contributed by atoms with van der Waals surface area (Å²) in [6, 6.07) is 10.7. The molecule has 2 aromatic carbocycles. The van der Waals surface area contributed by atoms with Crippen LogP contribution in [0.25, 0.3) is 0 Å². The van der Waals surface area contributed by atoms with E-state index >= 15 is 0 Å². The van der Waals surface area contributed by atoms with Gasteiger partial charge in [0.1, 0.15) is 23.0 Å². The van der Waals surface area contributed by atoms with Gasteiger partial charge in [0, 0.05) is 22.7 Å². The molecule has 106 valence electrons. The number of ether oxygens (including phenoxy) is 3. The Morgan fingerprint density at radius 3 is 2.00 bits per heavy atom. The zero-order chi connectivity index (χ0) is 14.5. The fraction of sp³-hybridized carbons (Fsp3) is 0.200. The molecule has 2 aromatic rings. The van der Waals surface area contributed by atoms with E-state index in [0.717, 1.165) is 10.0 Å². The second kappa shape index (κ2) is 6.63. The number of hydrogen-bond donors (Lipinski definition) is 1. The van der Waals surface area contributed by atoms with Crippen molar-refractivity contribution < 1.29 is 19.3 Å². The summed E-state index contributed by atoms with van der Waals surface area (Å²) in [6.45, 7) is -0.0200. The smallest absolute Gasteiger partial charge is 0.134 e. The number of aliphatic hydroxyl groups is 1. The molecule has 0 saturated heterocycles. The van der Waals surface area contributed by atoms with Gasteiger partial charge in [0.05, 0.1) is 20.8 Å². The summed E-state index contributed by atoms with van der Waals surface area (Å²) >= 11 is 3.39. The summed E-state index contributed by atoms with van der Waals surface area (Å²) in [7, 11) is 3.18. The molecule has 0 bridgehead atoms. The summed E-state index contributed by atoms with van der Waals surface area (Å²) in [6.07, 6.45) is 0. The minimum atomic E-state index is -0.0200. The van der Waals surface area contributed by atoms with Crippen LogP contribution in [0.4, 0.5) is 0 Å². The van der Waals surface area contributed by atoms with E-state index in [1.165, 1.54) is 0 Å². The summed E-state index contributed by atoms with van der Waals surface area (Å²) < 4.78 is 17.0. The SMILES string of the molecule is COc1cc(OC)cc(Oc2ccc(CO)c(Br)c2)c1. The van der Waals surface area contributed by atoms with Gasteiger partial charge >= 0.3 is 0 Å². The van der Waals surface area contributed by atoms with Crippen LogP contribution in [0, 0.1) is 0 Å². The van der Waals surface area contributed by atoms with E-state index in [0.29, 0.717) is 23.0 Å². The fourth-order valence-electron chi connectivity index (χ4n) is 1.70. The second-order valence-electron chi connectivity index (χ2n) is 4.06. The maximum absolute atomic E-state index is 9.13. The quantitative estimate of drug-likeness (QED) is 0.901. The lowest BCUT2D eigenvalue weighted by atomic mass is 10.2. The van der Waals surface area contributed by atoms with Gasteiger partial charge in [-0.15, -0.1) is 0 Å². The van der Waals surface area contributed by atoms with Crippen molar-refractivity contribution in [1.29, 1.82) is 0 Å². The van der Waals surface area contributed by atoms with Crippen LogP contribution >= 0.6 is 15.9 Å². The Hall–Kier alpha value is -1.72. The average molecular weight is 339 g/mol. The van der Waals surface area contributed by atoms with Gasteiger partial charge in [0.25, 0.3) is 0 Å². The number of hydrogen-bond acceptors (Lipinski definition) is 4. The lowest BCUT2D eigenvalue weighted by Gasteiger charge is -2.11. The van der Waals surface area contributed by atoms with Crippen molar-refractivity contribution in [2.45, 2.75) is 6.61 Å². The second-order valence-corrected chi connectivity index (χ2v) is 4.92. The normalized spacial score (nSPS) is 10.2. The number of halogens is 1. The van der Waals surface area contributed by atoms with E-state index in [9.17, 15) is 0 Å². The molecule has 0 unspecified atom stereocenters. The molecule has 0 amide bonds. The fourth-order valence-corrected chi connectivity index (χ4v) is 2.18. The van der Waals surface area contributed by atoms with Gasteiger partial charge in [-0.3, -0.25) is 0 Å². The first-order chi connectivity index (χ1) is 9.66. The van der Waals surface area contributed by atoms with Crippen molar-refractivity contribution in [1.82, 2.24) is 0 Å². The Morgan fingerprint density at radius 2 is 1.50 bits per heavy atom. The first-order valence-electron chi connectivity index (χ1n) is 5.96. The summed E-state index contributed by atoms with van der Waals surface area (Å²) in [5, 5.41) is 9.13. The Labute approximate surface area is 126 Å². The van der Waals surface area contributed by atoms with Crippen LogP contribution < -0.4 is 14.2 Å². The maximum Gasteiger partial charge on any atom is 0.134 e. The first kappa shape index (κ1) is 14.7. The van der Waals surface area contributed by atoms with Crippen molar-refractivity contribution in [3.63, 3.8) is 0 Å². The van der Waals surface area contributed by atoms with Crippen LogP contribution in [-0.2, 0) is 6.61 Å². The van der Waals surface area contributed by atoms with Crippen LogP contribution in [0.5, 0.6) is 23.0 Å². The lowest BCUT2D eigenvalue weighted by molar-refractivity contribution is 0.281. The third-order valence-corrected chi connectivity index (χ3v) is 3.49. The van der Waals surface area contributed by atoms with Crippen molar-refractivity contribution in [3.8, 4) is 23.0 Å². The molecule has 0 aliphatic heterocycles. The summed E-state index contributed by atoms with van der Waals surface area (Å²) in [5.74, 6) is 2.59. The molecule has 4 nitrogen and oxygen atoms in total. The number of methoxy groups -OCH3 is 2. The molecule has 2 rings (SSSR count). The van der Waals surface area contributed by atoms with Gasteiger partial charge < -0.3 is 19.3 Å². The van der Waals surface area contributed by atoms with Crippen LogP contribution in [0.1, 0.15) is 5.56 Å². The molecule has 0 heterocycles. The lowest BCUT2D eigenvalue weighted by Crippen LogP contribution is -1.91. The van der Waals surface area contributed by atoms with Crippen LogP contribution in [-0.4, -0.2) is 19.3 Å². The zero-order valence-electron chi connectivity index (χ0n) is 11.2. The molecule has 0 aromatic heterocycles. The molecule has 0 spiro atoms. The highest BCUT2D eigenvalue weighted by Crippen LogP contribution is 2.32. The highest BCUT2D eigenvalue weighted by Gasteiger charge is 2.06. The van der Waals surface area contributed by atoms with Crippen molar-refractivity contribution in [2.75, 3.05) is 14.2 Å². The van der Waals surface area contributed by atoms with Gasteiger partial charge in [0.2, 0.25) is 0 Å². The number of rotatable bonds is 5. The van der Waals surface area contributed by atoms with E-state index in [4.69, 9.17) is 19.3 Å². The molecule has 0 atom stereocenters. The monoisotopic (exact) mass is 338 g/mol. The van der Waals surface area contributed by atoms with Crippen molar-refractivity contribution in [3.05, 3.63) is 46.4 Å². The third kappa shape index (κ3) is 3.43. The molecular formula is C15H15BrO4. The summed E-state index contributed by atoms with van der Waals surface area (Å²) in [5.41, 5.74) is 0.806. The molecule has 0 fully saturated rings. The Balaban J connectivity index is 2.27. The van der Waals surface area contributed by atoms with E-state index in [1.54, 1.807) is 50.6 Å². The highest BCUT2D eigenvalue weighted by molar-refractivity contribution is 9.10. The van der Waals surface area contributed by atoms with Crippen molar-refractivity contribution >= 4 is 15.9 Å². The minimum Gasteiger partial charge on any atom is -0.496 e. The highest BCUT2D eigenvalue weighted by atomic mass is 79.9. The van der Waals surface area contributed by atoms with E-state index < -0.39 is 0 Å². The van der Waals surface area contributed by atoms with E-state index in [1.807, 2.05) is 0 Å². The van der Waals surface area contributed by atoms with Gasteiger partial charge in [-0.25, -0.2) is 0 Å². The zero-order valence-corrected chi connectivity index (χ0v) is 12.8. The molecule has 5 heteroatoms. The number of benzene rings is 2. The predicted octanol–water partition coefficient (Wildman–Crippen LogP) is 3.75. The molecule has 1 N–H and O–H groups in total. The molecule has 0 aliphatic carbocycles. The molecule has 0 radical (unpaired) electrons. The van der Waals surface area contributed by atoms with Crippen LogP contribution in [0.2, 0.25) is 0 Å². The third-order valence-electron chi connectivity index (χ3n) is 2.76. The van der Waals surface area contributed by atoms with Gasteiger partial charge in [-0.1, -0.05) is 22.0 Å². The van der Waals surface area contributed by atoms with E-state index in [2.05, 4.69) is 15.9 Å². The summed E-state index contributed by atoms with van der Waals surface area (Å²) in [4.78, 5) is 0. The van der Waals surface area contributed by atoms with Gasteiger partial charge in [-0.05, 0) is 17.7 Å².